The molecule has 2 saturated heterocycles. The van der Waals surface area contributed by atoms with E-state index in [1.807, 2.05) is 12.3 Å². The Morgan fingerprint density at radius 3 is 2.39 bits per heavy atom. The summed E-state index contributed by atoms with van der Waals surface area (Å²) in [6.07, 6.45) is 1.48. The number of benzene rings is 1. The van der Waals surface area contributed by atoms with Gasteiger partial charge >= 0.3 is 0 Å². The van der Waals surface area contributed by atoms with E-state index in [2.05, 4.69) is 4.98 Å². The Balaban J connectivity index is 1.33. The Morgan fingerprint density at radius 1 is 1.09 bits per heavy atom. The lowest BCUT2D eigenvalue weighted by atomic mass is 9.97. The van der Waals surface area contributed by atoms with Gasteiger partial charge in [-0.25, -0.2) is 17.8 Å². The van der Waals surface area contributed by atoms with Crippen LogP contribution in [0.2, 0.25) is 0 Å². The quantitative estimate of drug-likeness (QED) is 0.633. The lowest BCUT2D eigenvalue weighted by Crippen LogP contribution is -2.54. The topological polar surface area (TPSA) is 90.9 Å². The molecule has 33 heavy (non-hydrogen) atoms. The summed E-state index contributed by atoms with van der Waals surface area (Å²) in [6, 6.07) is 4.74. The summed E-state index contributed by atoms with van der Waals surface area (Å²) in [6.45, 7) is 4.12. The third-order valence-corrected chi connectivity index (χ3v) is 8.94. The number of halogens is 1. The summed E-state index contributed by atoms with van der Waals surface area (Å²) in [5.74, 6) is -0.989. The van der Waals surface area contributed by atoms with E-state index in [0.29, 0.717) is 45.6 Å². The predicted octanol–water partition coefficient (Wildman–Crippen LogP) is 1.90. The van der Waals surface area contributed by atoms with E-state index in [1.54, 1.807) is 9.80 Å². The highest BCUT2D eigenvalue weighted by molar-refractivity contribution is 7.89. The zero-order chi connectivity index (χ0) is 23.6. The van der Waals surface area contributed by atoms with Crippen LogP contribution < -0.4 is 0 Å². The SMILES string of the molecule is Cc1csc(CC(=O)N2CCN(C(=O)[C@@H]3CCCN(S(=O)(=O)c4ccc(F)cc4)C3)CC2)n1. The molecule has 0 radical (unpaired) electrons. The van der Waals surface area contributed by atoms with Crippen LogP contribution in [0.3, 0.4) is 0 Å². The Labute approximate surface area is 197 Å². The number of carbonyl (C=O) groups is 2. The van der Waals surface area contributed by atoms with E-state index in [-0.39, 0.29) is 29.7 Å². The van der Waals surface area contributed by atoms with Crippen LogP contribution in [0.4, 0.5) is 4.39 Å². The van der Waals surface area contributed by atoms with Gasteiger partial charge in [-0.2, -0.15) is 4.31 Å². The van der Waals surface area contributed by atoms with Crippen molar-refractivity contribution in [1.82, 2.24) is 19.1 Å². The van der Waals surface area contributed by atoms with Crippen LogP contribution in [-0.4, -0.2) is 78.6 Å². The predicted molar refractivity (Wildman–Crippen MR) is 122 cm³/mol. The van der Waals surface area contributed by atoms with E-state index in [9.17, 15) is 22.4 Å². The molecule has 0 saturated carbocycles. The molecule has 0 N–H and O–H groups in total. The van der Waals surface area contributed by atoms with E-state index >= 15 is 0 Å². The summed E-state index contributed by atoms with van der Waals surface area (Å²) in [7, 11) is -3.79. The summed E-state index contributed by atoms with van der Waals surface area (Å²) < 4.78 is 40.4. The largest absolute Gasteiger partial charge is 0.339 e. The number of piperazine rings is 1. The molecule has 3 heterocycles. The fraction of sp³-hybridized carbons (Fsp3) is 0.500. The number of rotatable bonds is 5. The number of aryl methyl sites for hydroxylation is 1. The molecule has 0 unspecified atom stereocenters. The fourth-order valence-corrected chi connectivity index (χ4v) is 6.56. The van der Waals surface area contributed by atoms with Crippen molar-refractivity contribution in [3.63, 3.8) is 0 Å². The van der Waals surface area contributed by atoms with Crippen LogP contribution in [-0.2, 0) is 26.0 Å². The molecule has 4 rings (SSSR count). The zero-order valence-electron chi connectivity index (χ0n) is 18.4. The van der Waals surface area contributed by atoms with E-state index < -0.39 is 21.8 Å². The molecule has 2 aliphatic heterocycles. The maximum absolute atomic E-state index is 13.2. The molecule has 1 aromatic carbocycles. The summed E-state index contributed by atoms with van der Waals surface area (Å²) in [4.78, 5) is 33.5. The van der Waals surface area contributed by atoms with Crippen LogP contribution in [0.25, 0.3) is 0 Å². The third-order valence-electron chi connectivity index (χ3n) is 6.10. The molecule has 11 heteroatoms. The van der Waals surface area contributed by atoms with Crippen LogP contribution in [0.5, 0.6) is 0 Å². The third kappa shape index (κ3) is 5.42. The molecule has 8 nitrogen and oxygen atoms in total. The summed E-state index contributed by atoms with van der Waals surface area (Å²) in [5.41, 5.74) is 0.904. The molecule has 2 fully saturated rings. The molecule has 178 valence electrons. The van der Waals surface area contributed by atoms with Crippen molar-refractivity contribution in [2.24, 2.45) is 5.92 Å². The molecule has 1 aromatic heterocycles. The smallest absolute Gasteiger partial charge is 0.243 e. The van der Waals surface area contributed by atoms with Gasteiger partial charge in [0.2, 0.25) is 21.8 Å². The second-order valence-electron chi connectivity index (χ2n) is 8.42. The van der Waals surface area contributed by atoms with Crippen LogP contribution in [0.1, 0.15) is 23.5 Å². The monoisotopic (exact) mass is 494 g/mol. The normalized spacial score (nSPS) is 20.1. The van der Waals surface area contributed by atoms with E-state index in [0.717, 1.165) is 22.8 Å². The highest BCUT2D eigenvalue weighted by Gasteiger charge is 2.36. The zero-order valence-corrected chi connectivity index (χ0v) is 20.1. The van der Waals surface area contributed by atoms with Crippen molar-refractivity contribution in [3.05, 3.63) is 46.2 Å². The first kappa shape index (κ1) is 23.8. The van der Waals surface area contributed by atoms with Crippen molar-refractivity contribution in [2.45, 2.75) is 31.1 Å². The Morgan fingerprint density at radius 2 is 1.76 bits per heavy atom. The van der Waals surface area contributed by atoms with Crippen molar-refractivity contribution in [3.8, 4) is 0 Å². The van der Waals surface area contributed by atoms with Crippen LogP contribution in [0.15, 0.2) is 34.5 Å². The van der Waals surface area contributed by atoms with Gasteiger partial charge < -0.3 is 9.80 Å². The van der Waals surface area contributed by atoms with Gasteiger partial charge in [0.1, 0.15) is 10.8 Å². The van der Waals surface area contributed by atoms with Gasteiger partial charge in [0, 0.05) is 50.3 Å². The van der Waals surface area contributed by atoms with Gasteiger partial charge in [-0.1, -0.05) is 0 Å². The average Bonchev–Trinajstić information content (AvgIpc) is 3.23. The Kier molecular flexibility index (Phi) is 7.10. The van der Waals surface area contributed by atoms with Gasteiger partial charge in [-0.3, -0.25) is 9.59 Å². The lowest BCUT2D eigenvalue weighted by Gasteiger charge is -2.38. The molecular formula is C22H27FN4O4S2. The number of hydrogen-bond donors (Lipinski definition) is 0. The molecule has 2 amide bonds. The van der Waals surface area contributed by atoms with Gasteiger partial charge in [0.05, 0.1) is 17.2 Å². The first-order valence-corrected chi connectivity index (χ1v) is 13.3. The van der Waals surface area contributed by atoms with Crippen LogP contribution >= 0.6 is 11.3 Å². The minimum Gasteiger partial charge on any atom is -0.339 e. The maximum Gasteiger partial charge on any atom is 0.243 e. The Hall–Kier alpha value is -2.37. The van der Waals surface area contributed by atoms with Crippen molar-refractivity contribution in [2.75, 3.05) is 39.3 Å². The number of piperidine rings is 1. The molecule has 0 spiro atoms. The maximum atomic E-state index is 13.2. The van der Waals surface area contributed by atoms with E-state index in [4.69, 9.17) is 0 Å². The molecule has 2 aromatic rings. The molecule has 0 aliphatic carbocycles. The van der Waals surface area contributed by atoms with Crippen molar-refractivity contribution in [1.29, 1.82) is 0 Å². The number of amides is 2. The highest BCUT2D eigenvalue weighted by Crippen LogP contribution is 2.25. The second kappa shape index (κ2) is 9.86. The number of thiazole rings is 1. The lowest BCUT2D eigenvalue weighted by molar-refractivity contribution is -0.142. The van der Waals surface area contributed by atoms with Gasteiger partial charge in [-0.05, 0) is 44.0 Å². The first-order chi connectivity index (χ1) is 15.7. The molecular weight excluding hydrogens is 467 g/mol. The molecule has 0 bridgehead atoms. The van der Waals surface area contributed by atoms with E-state index in [1.165, 1.54) is 27.8 Å². The van der Waals surface area contributed by atoms with Crippen molar-refractivity contribution >= 4 is 33.2 Å². The van der Waals surface area contributed by atoms with Crippen molar-refractivity contribution < 1.29 is 22.4 Å². The number of nitrogens with zero attached hydrogens (tertiary/aromatic N) is 4. The van der Waals surface area contributed by atoms with Gasteiger partial charge in [0.15, 0.2) is 0 Å². The number of hydrogen-bond acceptors (Lipinski definition) is 6. The summed E-state index contributed by atoms with van der Waals surface area (Å²) >= 11 is 1.47. The minimum absolute atomic E-state index is 0.00526. The first-order valence-electron chi connectivity index (χ1n) is 11.0. The van der Waals surface area contributed by atoms with Gasteiger partial charge in [-0.15, -0.1) is 11.3 Å². The summed E-state index contributed by atoms with van der Waals surface area (Å²) in [5, 5.41) is 2.71. The van der Waals surface area contributed by atoms with Crippen LogP contribution in [0, 0.1) is 18.7 Å². The fourth-order valence-electron chi connectivity index (χ4n) is 4.28. The molecule has 2 aliphatic rings. The molecule has 1 atom stereocenters. The standard InChI is InChI=1S/C22H27FN4O4S2/c1-16-15-32-20(24-16)13-21(28)25-9-11-26(12-10-25)22(29)17-3-2-8-27(14-17)33(30,31)19-6-4-18(23)5-7-19/h4-7,15,17H,2-3,8-14H2,1H3/t17-/m1/s1. The minimum atomic E-state index is -3.79. The second-order valence-corrected chi connectivity index (χ2v) is 11.3. The number of carbonyl (C=O) groups excluding carboxylic acids is 2. The average molecular weight is 495 g/mol. The van der Waals surface area contributed by atoms with Gasteiger partial charge in [0.25, 0.3) is 0 Å². The highest BCUT2D eigenvalue weighted by atomic mass is 32.2. The Bertz CT molecular complexity index is 1110. The number of aromatic nitrogens is 1. The number of sulfonamides is 1.